The number of rotatable bonds is 6. The molecular weight excluding hydrogens is 328 g/mol. The Kier molecular flexibility index (Phi) is 5.43. The lowest BCUT2D eigenvalue weighted by atomic mass is 10.0. The van der Waals surface area contributed by atoms with Crippen molar-refractivity contribution in [1.82, 2.24) is 0 Å². The number of hydrogen-bond donors (Lipinski definition) is 0. The lowest BCUT2D eigenvalue weighted by Crippen LogP contribution is -2.17. The average molecular weight is 342 g/mol. The maximum absolute atomic E-state index is 13.6. The summed E-state index contributed by atoms with van der Waals surface area (Å²) in [5.74, 6) is -1.18. The van der Waals surface area contributed by atoms with Gasteiger partial charge >= 0.3 is 6.36 Å². The van der Waals surface area contributed by atoms with Gasteiger partial charge in [0, 0.05) is 12.0 Å². The normalized spacial score (nSPS) is 11.2. The van der Waals surface area contributed by atoms with Crippen LogP contribution < -0.4 is 9.47 Å². The molecule has 2 aromatic carbocycles. The van der Waals surface area contributed by atoms with E-state index in [1.54, 1.807) is 0 Å². The van der Waals surface area contributed by atoms with Crippen LogP contribution in [0.1, 0.15) is 22.3 Å². The highest BCUT2D eigenvalue weighted by molar-refractivity contribution is 5.96. The largest absolute Gasteiger partial charge is 0.573 e. The van der Waals surface area contributed by atoms with Crippen LogP contribution in [0.5, 0.6) is 11.5 Å². The molecule has 0 aliphatic heterocycles. The molecule has 0 radical (unpaired) electrons. The summed E-state index contributed by atoms with van der Waals surface area (Å²) >= 11 is 0. The summed E-state index contributed by atoms with van der Waals surface area (Å²) in [5, 5.41) is 0. The third-order valence-corrected chi connectivity index (χ3v) is 3.27. The molecule has 0 atom stereocenters. The summed E-state index contributed by atoms with van der Waals surface area (Å²) < 4.78 is 58.3. The third kappa shape index (κ3) is 4.97. The first-order chi connectivity index (χ1) is 11.3. The minimum atomic E-state index is -4.74. The van der Waals surface area contributed by atoms with E-state index in [1.165, 1.54) is 43.5 Å². The van der Waals surface area contributed by atoms with Crippen molar-refractivity contribution in [3.05, 3.63) is 59.4 Å². The molecule has 7 heteroatoms. The molecule has 128 valence electrons. The number of ether oxygens (including phenoxy) is 2. The van der Waals surface area contributed by atoms with Crippen LogP contribution >= 0.6 is 0 Å². The second-order valence-corrected chi connectivity index (χ2v) is 4.96. The lowest BCUT2D eigenvalue weighted by molar-refractivity contribution is -0.274. The molecule has 0 aliphatic carbocycles. The molecule has 2 aromatic rings. The number of aryl methyl sites for hydroxylation is 1. The summed E-state index contributed by atoms with van der Waals surface area (Å²) in [4.78, 5) is 12.0. The van der Waals surface area contributed by atoms with Gasteiger partial charge in [-0.1, -0.05) is 12.1 Å². The molecule has 0 fully saturated rings. The van der Waals surface area contributed by atoms with E-state index < -0.39 is 12.2 Å². The Morgan fingerprint density at radius 1 is 1.08 bits per heavy atom. The van der Waals surface area contributed by atoms with Crippen LogP contribution in [0.3, 0.4) is 0 Å². The second-order valence-electron chi connectivity index (χ2n) is 4.96. The molecule has 0 N–H and O–H groups in total. The van der Waals surface area contributed by atoms with Crippen LogP contribution in [0.4, 0.5) is 17.6 Å². The van der Waals surface area contributed by atoms with Gasteiger partial charge in [-0.15, -0.1) is 13.2 Å². The molecule has 24 heavy (non-hydrogen) atoms. The highest BCUT2D eigenvalue weighted by Crippen LogP contribution is 2.23. The molecule has 0 unspecified atom stereocenters. The molecule has 0 saturated carbocycles. The van der Waals surface area contributed by atoms with Gasteiger partial charge in [0.2, 0.25) is 0 Å². The third-order valence-electron chi connectivity index (χ3n) is 3.27. The SMILES string of the molecule is COc1ccc(C(=O)CCc2ccc(OC(F)(F)F)cc2)cc1F. The van der Waals surface area contributed by atoms with Crippen LogP contribution in [0.2, 0.25) is 0 Å². The van der Waals surface area contributed by atoms with Gasteiger partial charge in [-0.3, -0.25) is 4.79 Å². The molecule has 0 aromatic heterocycles. The standard InChI is InChI=1S/C17H14F4O3/c1-23-16-9-5-12(10-14(16)18)15(22)8-4-11-2-6-13(7-3-11)24-17(19,20)21/h2-3,5-7,9-10H,4,8H2,1H3. The Bertz CT molecular complexity index is 709. The predicted octanol–water partition coefficient (Wildman–Crippen LogP) is 4.55. The predicted molar refractivity (Wildman–Crippen MR) is 78.7 cm³/mol. The second kappa shape index (κ2) is 7.33. The molecular formula is C17H14F4O3. The van der Waals surface area contributed by atoms with E-state index in [4.69, 9.17) is 4.74 Å². The van der Waals surface area contributed by atoms with Gasteiger partial charge in [0.1, 0.15) is 5.75 Å². The summed E-state index contributed by atoms with van der Waals surface area (Å²) in [7, 11) is 1.33. The van der Waals surface area contributed by atoms with E-state index in [-0.39, 0.29) is 29.3 Å². The lowest BCUT2D eigenvalue weighted by Gasteiger charge is -2.09. The summed E-state index contributed by atoms with van der Waals surface area (Å²) in [6, 6.07) is 9.18. The fourth-order valence-electron chi connectivity index (χ4n) is 2.10. The van der Waals surface area contributed by atoms with Gasteiger partial charge in [0.15, 0.2) is 17.3 Å². The van der Waals surface area contributed by atoms with E-state index in [1.807, 2.05) is 0 Å². The fourth-order valence-corrected chi connectivity index (χ4v) is 2.10. The van der Waals surface area contributed by atoms with Crippen molar-refractivity contribution in [2.45, 2.75) is 19.2 Å². The van der Waals surface area contributed by atoms with Crippen LogP contribution in [-0.4, -0.2) is 19.3 Å². The summed E-state index contributed by atoms with van der Waals surface area (Å²) in [5.41, 5.74) is 0.886. The van der Waals surface area contributed by atoms with Gasteiger partial charge in [-0.05, 0) is 42.3 Å². The Morgan fingerprint density at radius 3 is 2.29 bits per heavy atom. The van der Waals surface area contributed by atoms with Crippen molar-refractivity contribution in [1.29, 1.82) is 0 Å². The monoisotopic (exact) mass is 342 g/mol. The zero-order valence-corrected chi connectivity index (χ0v) is 12.7. The van der Waals surface area contributed by atoms with Gasteiger partial charge < -0.3 is 9.47 Å². The molecule has 3 nitrogen and oxygen atoms in total. The fraction of sp³-hybridized carbons (Fsp3) is 0.235. The van der Waals surface area contributed by atoms with E-state index in [2.05, 4.69) is 4.74 Å². The molecule has 2 rings (SSSR count). The summed E-state index contributed by atoms with van der Waals surface area (Å²) in [6.07, 6.45) is -4.32. The number of benzene rings is 2. The Morgan fingerprint density at radius 2 is 1.75 bits per heavy atom. The number of Topliss-reactive ketones (excluding diaryl/α,β-unsaturated/α-hetero) is 1. The van der Waals surface area contributed by atoms with Crippen molar-refractivity contribution in [2.24, 2.45) is 0 Å². The van der Waals surface area contributed by atoms with Gasteiger partial charge in [0.25, 0.3) is 0 Å². The first-order valence-electron chi connectivity index (χ1n) is 7.00. The average Bonchev–Trinajstić information content (AvgIpc) is 2.52. The number of carbonyl (C=O) groups excluding carboxylic acids is 1. The Hall–Kier alpha value is -2.57. The Balaban J connectivity index is 1.95. The highest BCUT2D eigenvalue weighted by Gasteiger charge is 2.30. The molecule has 0 aliphatic rings. The first kappa shape index (κ1) is 17.8. The van der Waals surface area contributed by atoms with Gasteiger partial charge in [0.05, 0.1) is 7.11 Å². The van der Waals surface area contributed by atoms with Crippen molar-refractivity contribution < 1.29 is 31.8 Å². The number of ketones is 1. The number of halogens is 4. The van der Waals surface area contributed by atoms with Crippen molar-refractivity contribution >= 4 is 5.78 Å². The van der Waals surface area contributed by atoms with Crippen molar-refractivity contribution in [3.8, 4) is 11.5 Å². The minimum Gasteiger partial charge on any atom is -0.494 e. The maximum Gasteiger partial charge on any atom is 0.573 e. The highest BCUT2D eigenvalue weighted by atomic mass is 19.4. The van der Waals surface area contributed by atoms with E-state index in [9.17, 15) is 22.4 Å². The molecule has 0 saturated heterocycles. The van der Waals surface area contributed by atoms with Crippen LogP contribution in [-0.2, 0) is 6.42 Å². The smallest absolute Gasteiger partial charge is 0.494 e. The van der Waals surface area contributed by atoms with E-state index >= 15 is 0 Å². The number of methoxy groups -OCH3 is 1. The van der Waals surface area contributed by atoms with Crippen molar-refractivity contribution in [2.75, 3.05) is 7.11 Å². The van der Waals surface area contributed by atoms with Crippen molar-refractivity contribution in [3.63, 3.8) is 0 Å². The van der Waals surface area contributed by atoms with Gasteiger partial charge in [-0.2, -0.15) is 0 Å². The van der Waals surface area contributed by atoms with Crippen LogP contribution in [0, 0.1) is 5.82 Å². The molecule has 0 amide bonds. The quantitative estimate of drug-likeness (QED) is 0.571. The zero-order chi connectivity index (χ0) is 17.7. The van der Waals surface area contributed by atoms with E-state index in [0.717, 1.165) is 6.07 Å². The van der Waals surface area contributed by atoms with Crippen LogP contribution in [0.25, 0.3) is 0 Å². The van der Waals surface area contributed by atoms with E-state index in [0.29, 0.717) is 12.0 Å². The maximum atomic E-state index is 13.6. The zero-order valence-electron chi connectivity index (χ0n) is 12.7. The Labute approximate surface area is 135 Å². The summed E-state index contributed by atoms with van der Waals surface area (Å²) in [6.45, 7) is 0. The number of alkyl halides is 3. The van der Waals surface area contributed by atoms with Crippen LogP contribution in [0.15, 0.2) is 42.5 Å². The van der Waals surface area contributed by atoms with Gasteiger partial charge in [-0.25, -0.2) is 4.39 Å². The topological polar surface area (TPSA) is 35.5 Å². The molecule has 0 bridgehead atoms. The first-order valence-corrected chi connectivity index (χ1v) is 7.00. The number of hydrogen-bond acceptors (Lipinski definition) is 3. The minimum absolute atomic E-state index is 0.0480. The molecule has 0 spiro atoms. The number of carbonyl (C=O) groups is 1. The molecule has 0 heterocycles.